The summed E-state index contributed by atoms with van der Waals surface area (Å²) >= 11 is 0. The van der Waals surface area contributed by atoms with Crippen molar-refractivity contribution in [2.45, 2.75) is 32.4 Å². The Morgan fingerprint density at radius 3 is 2.74 bits per heavy atom. The average Bonchev–Trinajstić information content (AvgIpc) is 3.24. The molecule has 2 aromatic heterocycles. The lowest BCUT2D eigenvalue weighted by molar-refractivity contribution is -0.121. The van der Waals surface area contributed by atoms with Crippen LogP contribution in [-0.2, 0) is 30.7 Å². The summed E-state index contributed by atoms with van der Waals surface area (Å²) in [6, 6.07) is 20.9. The van der Waals surface area contributed by atoms with Gasteiger partial charge in [-0.1, -0.05) is 48.5 Å². The Labute approximate surface area is 182 Å². The number of aryl methyl sites for hydroxylation is 1. The van der Waals surface area contributed by atoms with Crippen molar-refractivity contribution in [3.8, 4) is 0 Å². The third kappa shape index (κ3) is 4.31. The molecule has 156 valence electrons. The van der Waals surface area contributed by atoms with Gasteiger partial charge in [0.2, 0.25) is 5.91 Å². The molecule has 31 heavy (non-hydrogen) atoms. The number of aromatic amines is 1. The first-order chi connectivity index (χ1) is 15.3. The lowest BCUT2D eigenvalue weighted by Crippen LogP contribution is -2.31. The van der Waals surface area contributed by atoms with Gasteiger partial charge in [0.15, 0.2) is 0 Å². The second-order valence-corrected chi connectivity index (χ2v) is 8.10. The van der Waals surface area contributed by atoms with Crippen molar-refractivity contribution in [1.82, 2.24) is 15.3 Å². The van der Waals surface area contributed by atoms with Gasteiger partial charge in [0.05, 0.1) is 0 Å². The fraction of sp³-hybridized carbons (Fsp3) is 0.231. The van der Waals surface area contributed by atoms with Crippen LogP contribution in [0.5, 0.6) is 0 Å². The van der Waals surface area contributed by atoms with Crippen molar-refractivity contribution in [3.63, 3.8) is 0 Å². The van der Waals surface area contributed by atoms with Gasteiger partial charge in [0, 0.05) is 49.4 Å². The minimum absolute atomic E-state index is 0.0574. The maximum Gasteiger partial charge on any atom is 0.220 e. The summed E-state index contributed by atoms with van der Waals surface area (Å²) in [6.07, 6.45) is 6.12. The normalized spacial score (nSPS) is 13.2. The van der Waals surface area contributed by atoms with Crippen LogP contribution in [0, 0.1) is 0 Å². The molecule has 0 unspecified atom stereocenters. The molecule has 0 saturated heterocycles. The SMILES string of the molecule is O=C(CCc1c[nH]c2ccccc12)NCc1ccc(N2CCc3ccccc3C2)nc1. The van der Waals surface area contributed by atoms with Crippen LogP contribution in [-0.4, -0.2) is 22.4 Å². The van der Waals surface area contributed by atoms with E-state index < -0.39 is 0 Å². The van der Waals surface area contributed by atoms with Gasteiger partial charge in [-0.3, -0.25) is 4.79 Å². The number of hydrogen-bond donors (Lipinski definition) is 2. The minimum Gasteiger partial charge on any atom is -0.361 e. The van der Waals surface area contributed by atoms with E-state index in [0.717, 1.165) is 42.8 Å². The molecule has 5 heteroatoms. The van der Waals surface area contributed by atoms with Crippen molar-refractivity contribution in [3.05, 3.63) is 95.3 Å². The maximum atomic E-state index is 12.3. The number of pyridine rings is 1. The third-order valence-corrected chi connectivity index (χ3v) is 6.05. The lowest BCUT2D eigenvalue weighted by Gasteiger charge is -2.29. The largest absolute Gasteiger partial charge is 0.361 e. The fourth-order valence-corrected chi connectivity index (χ4v) is 4.28. The molecule has 2 aromatic carbocycles. The number of nitrogens with one attached hydrogen (secondary N) is 2. The fourth-order valence-electron chi connectivity index (χ4n) is 4.28. The molecule has 2 N–H and O–H groups in total. The maximum absolute atomic E-state index is 12.3. The average molecular weight is 411 g/mol. The van der Waals surface area contributed by atoms with Gasteiger partial charge in [-0.2, -0.15) is 0 Å². The summed E-state index contributed by atoms with van der Waals surface area (Å²) in [5, 5.41) is 4.21. The van der Waals surface area contributed by atoms with Crippen molar-refractivity contribution >= 4 is 22.6 Å². The van der Waals surface area contributed by atoms with Crippen molar-refractivity contribution < 1.29 is 4.79 Å². The van der Waals surface area contributed by atoms with E-state index in [9.17, 15) is 4.79 Å². The second-order valence-electron chi connectivity index (χ2n) is 8.10. The number of carbonyl (C=O) groups is 1. The second kappa shape index (κ2) is 8.64. The highest BCUT2D eigenvalue weighted by Gasteiger charge is 2.16. The van der Waals surface area contributed by atoms with Crippen LogP contribution in [0.4, 0.5) is 5.82 Å². The number of hydrogen-bond acceptors (Lipinski definition) is 3. The number of rotatable bonds is 6. The van der Waals surface area contributed by atoms with Gasteiger partial charge in [0.1, 0.15) is 5.82 Å². The van der Waals surface area contributed by atoms with Gasteiger partial charge in [0.25, 0.3) is 0 Å². The molecule has 1 amide bonds. The van der Waals surface area contributed by atoms with Crippen LogP contribution < -0.4 is 10.2 Å². The smallest absolute Gasteiger partial charge is 0.220 e. The van der Waals surface area contributed by atoms with Gasteiger partial charge in [-0.25, -0.2) is 4.98 Å². The highest BCUT2D eigenvalue weighted by Crippen LogP contribution is 2.23. The van der Waals surface area contributed by atoms with Crippen LogP contribution in [0.15, 0.2) is 73.1 Å². The molecule has 1 aliphatic heterocycles. The third-order valence-electron chi connectivity index (χ3n) is 6.05. The number of fused-ring (bicyclic) bond motifs is 2. The molecule has 0 atom stereocenters. The Morgan fingerprint density at radius 2 is 1.87 bits per heavy atom. The molecule has 1 aliphatic rings. The van der Waals surface area contributed by atoms with Gasteiger partial charge in [-0.15, -0.1) is 0 Å². The number of anilines is 1. The van der Waals surface area contributed by atoms with Crippen LogP contribution in [0.1, 0.15) is 28.7 Å². The number of benzene rings is 2. The molecule has 3 heterocycles. The van der Waals surface area contributed by atoms with E-state index in [2.05, 4.69) is 68.7 Å². The zero-order valence-electron chi connectivity index (χ0n) is 17.5. The van der Waals surface area contributed by atoms with E-state index in [0.29, 0.717) is 13.0 Å². The predicted molar refractivity (Wildman–Crippen MR) is 124 cm³/mol. The highest BCUT2D eigenvalue weighted by atomic mass is 16.1. The van der Waals surface area contributed by atoms with E-state index in [-0.39, 0.29) is 5.91 Å². The zero-order valence-corrected chi connectivity index (χ0v) is 17.5. The van der Waals surface area contributed by atoms with Crippen molar-refractivity contribution in [2.24, 2.45) is 0 Å². The monoisotopic (exact) mass is 410 g/mol. The molecule has 0 radical (unpaired) electrons. The molecule has 5 rings (SSSR count). The molecular weight excluding hydrogens is 384 g/mol. The topological polar surface area (TPSA) is 61.0 Å². The van der Waals surface area contributed by atoms with Crippen molar-refractivity contribution in [1.29, 1.82) is 0 Å². The molecule has 0 fully saturated rings. The quantitative estimate of drug-likeness (QED) is 0.496. The first kappa shape index (κ1) is 19.4. The Kier molecular flexibility index (Phi) is 5.40. The molecule has 0 bridgehead atoms. The van der Waals surface area contributed by atoms with Crippen LogP contribution in [0.3, 0.4) is 0 Å². The van der Waals surface area contributed by atoms with Gasteiger partial charge in [-0.05, 0) is 47.2 Å². The number of amides is 1. The summed E-state index contributed by atoms with van der Waals surface area (Å²) in [5.74, 6) is 1.05. The highest BCUT2D eigenvalue weighted by molar-refractivity contribution is 5.84. The molecule has 0 saturated carbocycles. The van der Waals surface area contributed by atoms with E-state index >= 15 is 0 Å². The molecular formula is C26H26N4O. The molecule has 4 aromatic rings. The predicted octanol–water partition coefficient (Wildman–Crippen LogP) is 4.37. The van der Waals surface area contributed by atoms with E-state index in [4.69, 9.17) is 0 Å². The van der Waals surface area contributed by atoms with Crippen LogP contribution >= 0.6 is 0 Å². The molecule has 0 aliphatic carbocycles. The molecule has 5 nitrogen and oxygen atoms in total. The Bertz CT molecular complexity index is 1200. The zero-order chi connectivity index (χ0) is 21.0. The molecule has 0 spiro atoms. The Hall–Kier alpha value is -3.60. The summed E-state index contributed by atoms with van der Waals surface area (Å²) in [6.45, 7) is 2.38. The number of aromatic nitrogens is 2. The van der Waals surface area contributed by atoms with E-state index in [1.54, 1.807) is 0 Å². The van der Waals surface area contributed by atoms with Crippen LogP contribution in [0.25, 0.3) is 10.9 Å². The number of carbonyl (C=O) groups excluding carboxylic acids is 1. The Balaban J connectivity index is 1.13. The first-order valence-electron chi connectivity index (χ1n) is 10.8. The summed E-state index contributed by atoms with van der Waals surface area (Å²) in [7, 11) is 0. The first-order valence-corrected chi connectivity index (χ1v) is 10.8. The van der Waals surface area contributed by atoms with Crippen molar-refractivity contribution in [2.75, 3.05) is 11.4 Å². The van der Waals surface area contributed by atoms with Crippen LogP contribution in [0.2, 0.25) is 0 Å². The Morgan fingerprint density at radius 1 is 1.03 bits per heavy atom. The van der Waals surface area contributed by atoms with Gasteiger partial charge < -0.3 is 15.2 Å². The summed E-state index contributed by atoms with van der Waals surface area (Å²) in [4.78, 5) is 22.5. The number of H-pyrrole nitrogens is 1. The minimum atomic E-state index is 0.0574. The summed E-state index contributed by atoms with van der Waals surface area (Å²) in [5.41, 5.74) is 6.12. The summed E-state index contributed by atoms with van der Waals surface area (Å²) < 4.78 is 0. The standard InChI is InChI=1S/C26H26N4O/c31-26(12-10-21-17-27-24-8-4-3-7-23(21)24)29-16-19-9-11-25(28-15-19)30-14-13-20-5-1-2-6-22(20)18-30/h1-9,11,15,17,27H,10,12-14,16,18H2,(H,29,31). The number of nitrogens with zero attached hydrogens (tertiary/aromatic N) is 2. The van der Waals surface area contributed by atoms with Gasteiger partial charge >= 0.3 is 0 Å². The lowest BCUT2D eigenvalue weighted by atomic mass is 10.00. The van der Waals surface area contributed by atoms with E-state index in [1.165, 1.54) is 22.1 Å². The number of para-hydroxylation sites is 1. The van der Waals surface area contributed by atoms with E-state index in [1.807, 2.05) is 24.5 Å².